The minimum Gasteiger partial charge on any atom is -0.352 e. The van der Waals surface area contributed by atoms with E-state index in [4.69, 9.17) is 4.98 Å². The molecule has 0 fully saturated rings. The van der Waals surface area contributed by atoms with Crippen molar-refractivity contribution >= 4 is 33.9 Å². The van der Waals surface area contributed by atoms with Gasteiger partial charge in [0.15, 0.2) is 0 Å². The van der Waals surface area contributed by atoms with E-state index in [1.807, 2.05) is 62.6 Å². The Kier molecular flexibility index (Phi) is 6.71. The zero-order valence-corrected chi connectivity index (χ0v) is 23.9. The number of hydrogen-bond donors (Lipinski definition) is 4. The van der Waals surface area contributed by atoms with Gasteiger partial charge in [-0.25, -0.2) is 9.97 Å². The molecule has 3 aromatic heterocycles. The zero-order valence-electron chi connectivity index (χ0n) is 23.9. The van der Waals surface area contributed by atoms with Crippen molar-refractivity contribution in [3.05, 3.63) is 107 Å². The number of benzene rings is 3. The van der Waals surface area contributed by atoms with Crippen LogP contribution in [0.3, 0.4) is 0 Å². The molecule has 0 saturated heterocycles. The van der Waals surface area contributed by atoms with E-state index in [1.54, 1.807) is 18.5 Å². The van der Waals surface area contributed by atoms with Gasteiger partial charge in [0.1, 0.15) is 11.5 Å². The molecule has 0 aliphatic heterocycles. The van der Waals surface area contributed by atoms with Gasteiger partial charge in [-0.05, 0) is 79.6 Å². The smallest absolute Gasteiger partial charge is 0.252 e. The number of H-pyrrole nitrogens is 2. The van der Waals surface area contributed by atoms with Crippen molar-refractivity contribution in [2.45, 2.75) is 12.5 Å². The van der Waals surface area contributed by atoms with Crippen molar-refractivity contribution in [2.24, 2.45) is 0 Å². The Morgan fingerprint density at radius 1 is 0.930 bits per heavy atom. The number of nitrogens with zero attached hydrogens (tertiary/aromatic N) is 3. The van der Waals surface area contributed by atoms with Crippen molar-refractivity contribution in [3.63, 3.8) is 0 Å². The first-order valence-electron chi connectivity index (χ1n) is 14.4. The maximum atomic E-state index is 13.6. The minimum atomic E-state index is -0.326. The quantitative estimate of drug-likeness (QED) is 0.186. The van der Waals surface area contributed by atoms with Crippen molar-refractivity contribution in [2.75, 3.05) is 27.2 Å². The van der Waals surface area contributed by atoms with E-state index >= 15 is 0 Å². The fourth-order valence-electron chi connectivity index (χ4n) is 5.95. The van der Waals surface area contributed by atoms with Crippen molar-refractivity contribution in [3.8, 4) is 22.5 Å². The maximum absolute atomic E-state index is 13.6. The molecule has 9 nitrogen and oxygen atoms in total. The summed E-state index contributed by atoms with van der Waals surface area (Å²) < 4.78 is 0. The molecular weight excluding hydrogens is 538 g/mol. The number of pyridine rings is 1. The molecule has 0 radical (unpaired) electrons. The number of fused-ring (bicyclic) bond motifs is 5. The SMILES string of the molecule is CN(C)CCCNC(=O)c1ccc2nc(-c3cccc4c3-c3ccccc3[C@H]4NC(=O)c3ccnc4[nH]ccc34)[nH]c2c1. The largest absolute Gasteiger partial charge is 0.352 e. The molecule has 43 heavy (non-hydrogen) atoms. The van der Waals surface area contributed by atoms with Gasteiger partial charge in [0.05, 0.1) is 22.6 Å². The van der Waals surface area contributed by atoms with Crippen molar-refractivity contribution in [1.29, 1.82) is 0 Å². The van der Waals surface area contributed by atoms with Crippen molar-refractivity contribution < 1.29 is 9.59 Å². The standard InChI is InChI=1S/C34H31N7O2/c1-41(2)18-6-15-37-33(42)20-11-12-27-28(19-20)39-32(38-27)26-10-5-9-25-29(26)21-7-3-4-8-22(21)30(25)40-34(43)24-14-17-36-31-23(24)13-16-35-31/h3-5,7-14,16-17,19,30H,6,15,18H2,1-2H3,(H,35,36)(H,37,42)(H,38,39)(H,40,43)/t30-/m1/s1. The Bertz CT molecular complexity index is 2010. The Hall–Kier alpha value is -5.28. The summed E-state index contributed by atoms with van der Waals surface area (Å²) in [4.78, 5) is 44.2. The highest BCUT2D eigenvalue weighted by atomic mass is 16.2. The maximum Gasteiger partial charge on any atom is 0.252 e. The molecule has 9 heteroatoms. The molecule has 0 bridgehead atoms. The summed E-state index contributed by atoms with van der Waals surface area (Å²) in [6, 6.07) is 23.1. The highest BCUT2D eigenvalue weighted by molar-refractivity contribution is 6.06. The van der Waals surface area contributed by atoms with Crippen LogP contribution < -0.4 is 10.6 Å². The lowest BCUT2D eigenvalue weighted by molar-refractivity contribution is 0.0940. The molecule has 4 N–H and O–H groups in total. The first-order valence-corrected chi connectivity index (χ1v) is 14.4. The lowest BCUT2D eigenvalue weighted by atomic mass is 9.98. The molecule has 3 heterocycles. The molecule has 214 valence electrons. The molecule has 3 aromatic carbocycles. The summed E-state index contributed by atoms with van der Waals surface area (Å²) in [7, 11) is 4.04. The van der Waals surface area contributed by atoms with E-state index in [1.165, 1.54) is 0 Å². The highest BCUT2D eigenvalue weighted by Gasteiger charge is 2.32. The molecule has 7 rings (SSSR count). The summed E-state index contributed by atoms with van der Waals surface area (Å²) in [5.41, 5.74) is 8.46. The topological polar surface area (TPSA) is 119 Å². The van der Waals surface area contributed by atoms with E-state index in [0.717, 1.165) is 57.2 Å². The Morgan fingerprint density at radius 3 is 2.65 bits per heavy atom. The van der Waals surface area contributed by atoms with E-state index in [-0.39, 0.29) is 17.9 Å². The van der Waals surface area contributed by atoms with E-state index in [2.05, 4.69) is 48.7 Å². The minimum absolute atomic E-state index is 0.101. The predicted molar refractivity (Wildman–Crippen MR) is 168 cm³/mol. The Morgan fingerprint density at radius 2 is 1.77 bits per heavy atom. The summed E-state index contributed by atoms with van der Waals surface area (Å²) in [5.74, 6) is 0.442. The Labute approximate surface area is 248 Å². The van der Waals surface area contributed by atoms with Gasteiger partial charge in [0.2, 0.25) is 0 Å². The van der Waals surface area contributed by atoms with Crippen LogP contribution in [0, 0.1) is 0 Å². The van der Waals surface area contributed by atoms with Gasteiger partial charge in [0, 0.05) is 35.5 Å². The van der Waals surface area contributed by atoms with E-state index < -0.39 is 0 Å². The average Bonchev–Trinajstić information content (AvgIpc) is 3.75. The lowest BCUT2D eigenvalue weighted by Gasteiger charge is -2.16. The molecule has 0 saturated carbocycles. The number of aromatic amines is 2. The highest BCUT2D eigenvalue weighted by Crippen LogP contribution is 2.47. The third-order valence-electron chi connectivity index (χ3n) is 8.00. The van der Waals surface area contributed by atoms with Crippen LogP contribution in [0.4, 0.5) is 0 Å². The molecule has 1 aliphatic rings. The van der Waals surface area contributed by atoms with Gasteiger partial charge < -0.3 is 25.5 Å². The molecule has 1 atom stereocenters. The number of hydrogen-bond acceptors (Lipinski definition) is 5. The summed E-state index contributed by atoms with van der Waals surface area (Å²) in [6.45, 7) is 1.53. The summed E-state index contributed by atoms with van der Waals surface area (Å²) in [6.07, 6.45) is 4.32. The van der Waals surface area contributed by atoms with Crippen LogP contribution in [-0.2, 0) is 0 Å². The van der Waals surface area contributed by atoms with Gasteiger partial charge in [-0.2, -0.15) is 0 Å². The molecule has 0 unspecified atom stereocenters. The second-order valence-corrected chi connectivity index (χ2v) is 11.1. The third kappa shape index (κ3) is 4.83. The number of nitrogens with one attached hydrogen (secondary N) is 4. The average molecular weight is 570 g/mol. The predicted octanol–water partition coefficient (Wildman–Crippen LogP) is 5.29. The van der Waals surface area contributed by atoms with Gasteiger partial charge in [-0.1, -0.05) is 42.5 Å². The number of carbonyl (C=O) groups excluding carboxylic acids is 2. The van der Waals surface area contributed by atoms with Crippen LogP contribution in [0.1, 0.15) is 44.3 Å². The molecule has 0 spiro atoms. The second kappa shape index (κ2) is 10.8. The molecule has 6 aromatic rings. The lowest BCUT2D eigenvalue weighted by Crippen LogP contribution is -2.28. The van der Waals surface area contributed by atoms with Crippen LogP contribution in [0.2, 0.25) is 0 Å². The number of imidazole rings is 1. The normalized spacial score (nSPS) is 13.8. The van der Waals surface area contributed by atoms with Crippen LogP contribution >= 0.6 is 0 Å². The fraction of sp³-hybridized carbons (Fsp3) is 0.176. The first kappa shape index (κ1) is 26.6. The van der Waals surface area contributed by atoms with Gasteiger partial charge in [0.25, 0.3) is 11.8 Å². The fourth-order valence-corrected chi connectivity index (χ4v) is 5.95. The number of aromatic nitrogens is 4. The van der Waals surface area contributed by atoms with Gasteiger partial charge in [-0.15, -0.1) is 0 Å². The van der Waals surface area contributed by atoms with E-state index in [0.29, 0.717) is 29.1 Å². The summed E-state index contributed by atoms with van der Waals surface area (Å²) in [5, 5.41) is 7.07. The first-order chi connectivity index (χ1) is 21.0. The monoisotopic (exact) mass is 569 g/mol. The Balaban J connectivity index is 1.21. The molecular formula is C34H31N7O2. The van der Waals surface area contributed by atoms with Gasteiger partial charge >= 0.3 is 0 Å². The van der Waals surface area contributed by atoms with E-state index in [9.17, 15) is 9.59 Å². The van der Waals surface area contributed by atoms with Crippen LogP contribution in [0.15, 0.2) is 85.2 Å². The van der Waals surface area contributed by atoms with Gasteiger partial charge in [-0.3, -0.25) is 9.59 Å². The number of carbonyl (C=O) groups is 2. The van der Waals surface area contributed by atoms with Crippen LogP contribution in [-0.4, -0.2) is 63.8 Å². The number of amides is 2. The van der Waals surface area contributed by atoms with Crippen LogP contribution in [0.25, 0.3) is 44.6 Å². The molecule has 1 aliphatic carbocycles. The molecule has 2 amide bonds. The zero-order chi connectivity index (χ0) is 29.5. The van der Waals surface area contributed by atoms with Crippen molar-refractivity contribution in [1.82, 2.24) is 35.5 Å². The third-order valence-corrected chi connectivity index (χ3v) is 8.00. The second-order valence-electron chi connectivity index (χ2n) is 11.1. The number of rotatable bonds is 8. The van der Waals surface area contributed by atoms with Crippen LogP contribution in [0.5, 0.6) is 0 Å². The summed E-state index contributed by atoms with van der Waals surface area (Å²) >= 11 is 0.